The highest BCUT2D eigenvalue weighted by molar-refractivity contribution is 6.01. The molecule has 3 N–H and O–H groups in total. The molecule has 0 aromatic heterocycles. The monoisotopic (exact) mass is 535 g/mol. The second-order valence-electron chi connectivity index (χ2n) is 9.42. The van der Waals surface area contributed by atoms with Crippen molar-refractivity contribution in [3.63, 3.8) is 0 Å². The second-order valence-corrected chi connectivity index (χ2v) is 9.42. The maximum Gasteiger partial charge on any atom is 0.256 e. The summed E-state index contributed by atoms with van der Waals surface area (Å²) in [7, 11) is 1.55. The largest absolute Gasteiger partial charge is 0.496 e. The van der Waals surface area contributed by atoms with Gasteiger partial charge in [-0.15, -0.1) is 5.10 Å². The fourth-order valence-corrected chi connectivity index (χ4v) is 4.48. The molecule has 0 radical (unpaired) electrons. The van der Waals surface area contributed by atoms with Gasteiger partial charge in [0.1, 0.15) is 11.9 Å². The zero-order valence-electron chi connectivity index (χ0n) is 22.6. The summed E-state index contributed by atoms with van der Waals surface area (Å²) in [6.45, 7) is 6.33. The number of amidine groups is 1. The predicted octanol–water partition coefficient (Wildman–Crippen LogP) is 3.00. The number of rotatable bonds is 8. The lowest BCUT2D eigenvalue weighted by molar-refractivity contribution is 0.0937. The van der Waals surface area contributed by atoms with Crippen LogP contribution in [0.4, 0.5) is 4.39 Å². The Labute approximate surface area is 227 Å². The molecular formula is C28H34FN7O3. The Morgan fingerprint density at radius 2 is 2.18 bits per heavy atom. The predicted molar refractivity (Wildman–Crippen MR) is 150 cm³/mol. The topological polar surface area (TPSA) is 114 Å². The summed E-state index contributed by atoms with van der Waals surface area (Å²) in [6, 6.07) is 3.54. The van der Waals surface area contributed by atoms with Crippen LogP contribution >= 0.6 is 0 Å². The van der Waals surface area contributed by atoms with Crippen molar-refractivity contribution in [2.24, 2.45) is 15.2 Å². The summed E-state index contributed by atoms with van der Waals surface area (Å²) in [5, 5.41) is 24.3. The molecule has 3 aliphatic rings. The molecule has 0 saturated carbocycles. The third-order valence-corrected chi connectivity index (χ3v) is 6.65. The quantitative estimate of drug-likeness (QED) is 0.441. The molecule has 3 aliphatic heterocycles. The van der Waals surface area contributed by atoms with Crippen LogP contribution in [0.1, 0.15) is 42.3 Å². The van der Waals surface area contributed by atoms with E-state index in [9.17, 15) is 14.3 Å². The highest BCUT2D eigenvalue weighted by Crippen LogP contribution is 2.29. The Hall–Kier alpha value is -4.25. The van der Waals surface area contributed by atoms with E-state index in [1.807, 2.05) is 49.1 Å². The molecule has 4 rings (SSSR count). The van der Waals surface area contributed by atoms with Gasteiger partial charge in [-0.3, -0.25) is 4.79 Å². The van der Waals surface area contributed by atoms with Crippen LogP contribution in [0.15, 0.2) is 75.4 Å². The molecule has 0 saturated heterocycles. The average Bonchev–Trinajstić information content (AvgIpc) is 3.21. The average molecular weight is 536 g/mol. The van der Waals surface area contributed by atoms with Crippen molar-refractivity contribution < 1.29 is 19.0 Å². The molecule has 3 heterocycles. The molecule has 1 amide bonds. The van der Waals surface area contributed by atoms with Gasteiger partial charge in [-0.25, -0.2) is 4.99 Å². The van der Waals surface area contributed by atoms with Crippen LogP contribution in [0.2, 0.25) is 0 Å². The summed E-state index contributed by atoms with van der Waals surface area (Å²) >= 11 is 0. The molecular weight excluding hydrogens is 501 g/mol. The van der Waals surface area contributed by atoms with E-state index in [-0.39, 0.29) is 18.6 Å². The van der Waals surface area contributed by atoms with Crippen molar-refractivity contribution in [2.45, 2.75) is 45.9 Å². The van der Waals surface area contributed by atoms with Crippen molar-refractivity contribution in [1.82, 2.24) is 20.4 Å². The van der Waals surface area contributed by atoms with Gasteiger partial charge in [-0.1, -0.05) is 6.08 Å². The number of hydrogen-bond acceptors (Lipinski definition) is 9. The number of fused-ring (bicyclic) bond motifs is 1. The molecule has 206 valence electrons. The van der Waals surface area contributed by atoms with Crippen molar-refractivity contribution in [3.8, 4) is 5.75 Å². The number of benzene rings is 1. The minimum absolute atomic E-state index is 0.0692. The van der Waals surface area contributed by atoms with E-state index < -0.39 is 12.1 Å². The Morgan fingerprint density at radius 1 is 1.36 bits per heavy atom. The highest BCUT2D eigenvalue weighted by Gasteiger charge is 2.26. The zero-order valence-corrected chi connectivity index (χ0v) is 22.6. The molecule has 11 heteroatoms. The maximum atomic E-state index is 13.5. The van der Waals surface area contributed by atoms with Gasteiger partial charge in [0, 0.05) is 38.1 Å². The lowest BCUT2D eigenvalue weighted by Gasteiger charge is -2.32. The first-order valence-electron chi connectivity index (χ1n) is 12.8. The fourth-order valence-electron chi connectivity index (χ4n) is 4.48. The molecule has 2 atom stereocenters. The van der Waals surface area contributed by atoms with Crippen LogP contribution in [-0.4, -0.2) is 71.3 Å². The number of aliphatic imine (C=N–C) groups is 1. The van der Waals surface area contributed by atoms with Gasteiger partial charge in [-0.2, -0.15) is 9.49 Å². The van der Waals surface area contributed by atoms with E-state index in [0.717, 1.165) is 29.8 Å². The lowest BCUT2D eigenvalue weighted by Crippen LogP contribution is -2.49. The number of dihydropyridines is 1. The number of carbonyl (C=O) groups excluding carboxylic acids is 1. The fraction of sp³-hybridized carbons (Fsp3) is 0.357. The summed E-state index contributed by atoms with van der Waals surface area (Å²) < 4.78 is 18.7. The van der Waals surface area contributed by atoms with E-state index in [1.54, 1.807) is 25.6 Å². The second kappa shape index (κ2) is 12.5. The molecule has 0 spiro atoms. The summed E-state index contributed by atoms with van der Waals surface area (Å²) in [5.41, 5.74) is 4.02. The van der Waals surface area contributed by atoms with Crippen LogP contribution in [0.5, 0.6) is 5.75 Å². The highest BCUT2D eigenvalue weighted by atomic mass is 19.1. The minimum Gasteiger partial charge on any atom is -0.496 e. The van der Waals surface area contributed by atoms with E-state index in [0.29, 0.717) is 29.4 Å². The number of allylic oxidation sites excluding steroid dienone is 4. The van der Waals surface area contributed by atoms with Crippen molar-refractivity contribution in [1.29, 1.82) is 0 Å². The molecule has 1 aromatic rings. The number of methoxy groups -OCH3 is 1. The normalized spacial score (nSPS) is 20.0. The molecule has 39 heavy (non-hydrogen) atoms. The molecule has 0 bridgehead atoms. The van der Waals surface area contributed by atoms with Gasteiger partial charge in [0.05, 0.1) is 37.2 Å². The number of amides is 1. The number of nitrogens with one attached hydrogen (secondary N) is 2. The maximum absolute atomic E-state index is 13.5. The number of ether oxygens (including phenoxy) is 1. The first kappa shape index (κ1) is 27.8. The molecule has 1 unspecified atom stereocenters. The van der Waals surface area contributed by atoms with E-state index in [2.05, 4.69) is 30.7 Å². The molecule has 1 aromatic carbocycles. The van der Waals surface area contributed by atoms with Crippen LogP contribution in [0, 0.1) is 0 Å². The first-order chi connectivity index (χ1) is 18.8. The van der Waals surface area contributed by atoms with Gasteiger partial charge in [0.25, 0.3) is 5.91 Å². The van der Waals surface area contributed by atoms with Crippen molar-refractivity contribution in [3.05, 3.63) is 76.9 Å². The van der Waals surface area contributed by atoms with Gasteiger partial charge in [-0.05, 0) is 61.8 Å². The summed E-state index contributed by atoms with van der Waals surface area (Å²) in [5.74, 6) is 0.217. The van der Waals surface area contributed by atoms with Crippen molar-refractivity contribution in [2.75, 3.05) is 20.3 Å². The Bertz CT molecular complexity index is 1310. The first-order valence-corrected chi connectivity index (χ1v) is 12.8. The number of hydrogen-bond donors (Lipinski definition) is 3. The number of halogens is 1. The Balaban J connectivity index is 1.51. The lowest BCUT2D eigenvalue weighted by atomic mass is 9.96. The summed E-state index contributed by atoms with van der Waals surface area (Å²) in [4.78, 5) is 21.1. The molecule has 0 fully saturated rings. The molecule has 0 aliphatic carbocycles. The molecule has 10 nitrogen and oxygen atoms in total. The van der Waals surface area contributed by atoms with Crippen LogP contribution in [0.3, 0.4) is 0 Å². The Morgan fingerprint density at radius 3 is 2.92 bits per heavy atom. The third kappa shape index (κ3) is 6.61. The SMILES string of the molecule is COc1cc2c(cc1C(=O)NC1C=CC=C(C3=NN=CC=CN3[C@H](C)CO)N1)CN(/C(C)=C/N=C(C)F)CC2. The Kier molecular flexibility index (Phi) is 8.92. The van der Waals surface area contributed by atoms with E-state index >= 15 is 0 Å². The van der Waals surface area contributed by atoms with Gasteiger partial charge in [0.2, 0.25) is 0 Å². The number of aliphatic hydroxyl groups is 1. The van der Waals surface area contributed by atoms with Crippen molar-refractivity contribution >= 4 is 23.9 Å². The van der Waals surface area contributed by atoms with Gasteiger partial charge in [0.15, 0.2) is 11.8 Å². The van der Waals surface area contributed by atoms with E-state index in [1.165, 1.54) is 13.1 Å². The smallest absolute Gasteiger partial charge is 0.256 e. The minimum atomic E-state index is -0.521. The number of nitrogens with zero attached hydrogens (tertiary/aromatic N) is 5. The summed E-state index contributed by atoms with van der Waals surface area (Å²) in [6.07, 6.45) is 12.4. The van der Waals surface area contributed by atoms with Crippen LogP contribution in [-0.2, 0) is 13.0 Å². The zero-order chi connectivity index (χ0) is 27.9. The van der Waals surface area contributed by atoms with Gasteiger partial charge >= 0.3 is 0 Å². The van der Waals surface area contributed by atoms with E-state index in [4.69, 9.17) is 4.74 Å². The van der Waals surface area contributed by atoms with Crippen LogP contribution in [0.25, 0.3) is 0 Å². The van der Waals surface area contributed by atoms with Crippen LogP contribution < -0.4 is 15.4 Å². The third-order valence-electron chi connectivity index (χ3n) is 6.65. The number of carbonyl (C=O) groups is 1. The van der Waals surface area contributed by atoms with Gasteiger partial charge < -0.3 is 30.3 Å². The standard InChI is InChI=1S/C28H34FN7O3/c1-18(15-30-20(3)29)35-12-9-21-14-25(39-4)23(13-22(21)16-35)28(38)33-26-8-5-7-24(32-26)27-34-31-10-6-11-36(27)19(2)17-37/h5-8,10-11,13-15,19,26,32,37H,9,12,16-17H2,1-4H3,(H,33,38)/b18-15+,30-20?/t19-,26?/m1/s1. The number of aliphatic hydroxyl groups excluding tert-OH is 1.